The molecule has 14 atom stereocenters. The number of fused-ring (bicyclic) bond motifs is 4. The molecular formula is C36H64O8Si4. The molecule has 4 aliphatic carbocycles. The SMILES string of the molecule is C[Si]1(CCC2CCC3OC3C2)O[Si](C)(CCC2CCC3OC3C2)O[Si](C)(CCC2CCC3O[C@H]3C2)O[Si](C)(CCC2CCC3OC3C2)O1. The highest BCUT2D eigenvalue weighted by atomic mass is 28.5. The first-order valence-corrected chi connectivity index (χ1v) is 30.5. The normalized spacial score (nSPS) is 55.2. The van der Waals surface area contributed by atoms with Gasteiger partial charge >= 0.3 is 34.2 Å². The molecule has 0 aromatic rings. The Morgan fingerprint density at radius 2 is 0.562 bits per heavy atom. The van der Waals surface area contributed by atoms with Crippen LogP contribution in [0.2, 0.25) is 50.4 Å². The van der Waals surface area contributed by atoms with Crippen molar-refractivity contribution in [2.75, 3.05) is 0 Å². The summed E-state index contributed by atoms with van der Waals surface area (Å²) in [5, 5.41) is 0. The molecule has 4 saturated carbocycles. The second kappa shape index (κ2) is 13.1. The molecule has 9 fully saturated rings. The Kier molecular flexibility index (Phi) is 9.40. The monoisotopic (exact) mass is 736 g/mol. The van der Waals surface area contributed by atoms with Crippen LogP contribution in [0.3, 0.4) is 0 Å². The Bertz CT molecular complexity index is 995. The van der Waals surface area contributed by atoms with Gasteiger partial charge in [-0.3, -0.25) is 0 Å². The molecule has 12 heteroatoms. The predicted molar refractivity (Wildman–Crippen MR) is 193 cm³/mol. The van der Waals surface area contributed by atoms with Crippen molar-refractivity contribution < 1.29 is 35.4 Å². The van der Waals surface area contributed by atoms with Gasteiger partial charge in [0.2, 0.25) is 0 Å². The number of hydrogen-bond acceptors (Lipinski definition) is 8. The van der Waals surface area contributed by atoms with Crippen molar-refractivity contribution in [1.82, 2.24) is 0 Å². The topological polar surface area (TPSA) is 87.0 Å². The summed E-state index contributed by atoms with van der Waals surface area (Å²) >= 11 is 0. The summed E-state index contributed by atoms with van der Waals surface area (Å²) in [6.45, 7) is 9.61. The lowest BCUT2D eigenvalue weighted by Crippen LogP contribution is -2.67. The third-order valence-electron chi connectivity index (χ3n) is 14.2. The van der Waals surface area contributed by atoms with E-state index >= 15 is 0 Å². The van der Waals surface area contributed by atoms with E-state index in [9.17, 15) is 0 Å². The van der Waals surface area contributed by atoms with Crippen molar-refractivity contribution in [3.63, 3.8) is 0 Å². The Morgan fingerprint density at radius 1 is 0.333 bits per heavy atom. The van der Waals surface area contributed by atoms with E-state index in [4.69, 9.17) is 35.4 Å². The van der Waals surface area contributed by atoms with E-state index < -0.39 is 34.2 Å². The summed E-state index contributed by atoms with van der Waals surface area (Å²) in [7, 11) is -10.4. The minimum Gasteiger partial charge on any atom is -0.416 e. The molecule has 8 nitrogen and oxygen atoms in total. The molecule has 9 aliphatic rings. The Morgan fingerprint density at radius 3 is 0.771 bits per heavy atom. The molecule has 5 saturated heterocycles. The first-order chi connectivity index (χ1) is 23.0. The molecule has 5 heterocycles. The van der Waals surface area contributed by atoms with Gasteiger partial charge in [0, 0.05) is 0 Å². The van der Waals surface area contributed by atoms with Gasteiger partial charge in [0.25, 0.3) is 0 Å². The van der Waals surface area contributed by atoms with E-state index in [0.29, 0.717) is 48.8 Å². The van der Waals surface area contributed by atoms with E-state index in [2.05, 4.69) is 26.2 Å². The third kappa shape index (κ3) is 8.20. The van der Waals surface area contributed by atoms with Crippen molar-refractivity contribution in [3.05, 3.63) is 0 Å². The lowest BCUT2D eigenvalue weighted by molar-refractivity contribution is 0.211. The average molecular weight is 737 g/mol. The fourth-order valence-electron chi connectivity index (χ4n) is 11.2. The number of epoxide rings is 4. The lowest BCUT2D eigenvalue weighted by atomic mass is 9.88. The van der Waals surface area contributed by atoms with Crippen LogP contribution in [0.15, 0.2) is 0 Å². The molecule has 0 aromatic carbocycles. The summed E-state index contributed by atoms with van der Waals surface area (Å²) in [6, 6.07) is 4.21. The molecule has 0 bridgehead atoms. The second-order valence-corrected chi connectivity index (χ2v) is 33.0. The van der Waals surface area contributed by atoms with Crippen molar-refractivity contribution in [3.8, 4) is 0 Å². The Hall–Kier alpha value is 0.548. The van der Waals surface area contributed by atoms with Crippen LogP contribution in [0.4, 0.5) is 0 Å². The Labute approximate surface area is 294 Å². The maximum absolute atomic E-state index is 7.67. The van der Waals surface area contributed by atoms with Crippen LogP contribution in [0.5, 0.6) is 0 Å². The fraction of sp³-hybridized carbons (Fsp3) is 1.00. The van der Waals surface area contributed by atoms with E-state index in [1.54, 1.807) is 0 Å². The molecule has 13 unspecified atom stereocenters. The van der Waals surface area contributed by atoms with Crippen LogP contribution in [0, 0.1) is 23.7 Å². The number of rotatable bonds is 12. The molecule has 5 aliphatic heterocycles. The highest BCUT2D eigenvalue weighted by Gasteiger charge is 2.58. The van der Waals surface area contributed by atoms with E-state index in [1.165, 1.54) is 103 Å². The molecule has 0 N–H and O–H groups in total. The quantitative estimate of drug-likeness (QED) is 0.147. The van der Waals surface area contributed by atoms with Gasteiger partial charge in [0.15, 0.2) is 0 Å². The van der Waals surface area contributed by atoms with Crippen LogP contribution in [-0.2, 0) is 35.4 Å². The van der Waals surface area contributed by atoms with E-state index in [1.807, 2.05) is 0 Å². The number of ether oxygens (including phenoxy) is 4. The van der Waals surface area contributed by atoms with E-state index in [-0.39, 0.29) is 0 Å². The van der Waals surface area contributed by atoms with Gasteiger partial charge < -0.3 is 35.4 Å². The smallest absolute Gasteiger partial charge is 0.317 e. The number of hydrogen-bond donors (Lipinski definition) is 0. The molecular weight excluding hydrogens is 673 g/mol. The minimum atomic E-state index is -2.60. The van der Waals surface area contributed by atoms with Crippen molar-refractivity contribution in [2.45, 2.75) is 202 Å². The zero-order valence-corrected chi connectivity index (χ0v) is 34.3. The van der Waals surface area contributed by atoms with E-state index in [0.717, 1.165) is 47.8 Å². The van der Waals surface area contributed by atoms with Crippen molar-refractivity contribution in [1.29, 1.82) is 0 Å². The van der Waals surface area contributed by atoms with Gasteiger partial charge in [-0.05, 0) is 177 Å². The predicted octanol–water partition coefficient (Wildman–Crippen LogP) is 8.18. The Balaban J connectivity index is 0.939. The zero-order valence-electron chi connectivity index (χ0n) is 30.3. The molecule has 9 rings (SSSR count). The van der Waals surface area contributed by atoms with Gasteiger partial charge in [-0.2, -0.15) is 0 Å². The first-order valence-electron chi connectivity index (χ1n) is 20.4. The molecule has 48 heavy (non-hydrogen) atoms. The largest absolute Gasteiger partial charge is 0.416 e. The molecule has 272 valence electrons. The maximum atomic E-state index is 7.67. The van der Waals surface area contributed by atoms with Gasteiger partial charge in [-0.15, -0.1) is 0 Å². The molecule has 0 aromatic heterocycles. The summed E-state index contributed by atoms with van der Waals surface area (Å²) in [5.74, 6) is 2.91. The van der Waals surface area contributed by atoms with Crippen LogP contribution >= 0.6 is 0 Å². The highest BCUT2D eigenvalue weighted by Crippen LogP contribution is 2.48. The van der Waals surface area contributed by atoms with Gasteiger partial charge in [0.1, 0.15) is 0 Å². The molecule has 0 spiro atoms. The van der Waals surface area contributed by atoms with Crippen LogP contribution in [-0.4, -0.2) is 83.1 Å². The maximum Gasteiger partial charge on any atom is 0.317 e. The summed E-state index contributed by atoms with van der Waals surface area (Å²) in [5.41, 5.74) is 0. The summed E-state index contributed by atoms with van der Waals surface area (Å²) in [6.07, 6.45) is 24.1. The lowest BCUT2D eigenvalue weighted by Gasteiger charge is -2.51. The first kappa shape index (κ1) is 34.3. The van der Waals surface area contributed by atoms with Crippen LogP contribution in [0.1, 0.15) is 103 Å². The van der Waals surface area contributed by atoms with Crippen molar-refractivity contribution in [2.24, 2.45) is 23.7 Å². The van der Waals surface area contributed by atoms with Crippen LogP contribution < -0.4 is 0 Å². The zero-order chi connectivity index (χ0) is 32.7. The standard InChI is InChI=1S/C36H64O8Si4/c1-45(17-13-25-5-9-29-33(21-25)37-29)41-46(2,18-14-26-6-10-30-34(22-26)38-30)43-48(4,20-16-28-8-12-32-36(24-28)40-32)44-47(3,42-45)19-15-27-7-11-31-35(23-27)39-31/h25-36H,5-24H2,1-4H3/t25?,26?,27?,28?,29?,30?,31?,32?,33-,34?,35?,36?,45?,46?,47?,48?/m0/s1. The average Bonchev–Trinajstić information content (AvgIpc) is 3.85. The third-order valence-corrected chi connectivity index (χ3v) is 32.8. The van der Waals surface area contributed by atoms with Gasteiger partial charge in [-0.1, -0.05) is 0 Å². The summed E-state index contributed by atoms with van der Waals surface area (Å²) in [4.78, 5) is 0. The summed E-state index contributed by atoms with van der Waals surface area (Å²) < 4.78 is 54.4. The van der Waals surface area contributed by atoms with Crippen LogP contribution in [0.25, 0.3) is 0 Å². The van der Waals surface area contributed by atoms with Gasteiger partial charge in [-0.25, -0.2) is 0 Å². The molecule has 0 radical (unpaired) electrons. The fourth-order valence-corrected chi connectivity index (χ4v) is 35.0. The highest BCUT2D eigenvalue weighted by molar-refractivity contribution is 6.93. The minimum absolute atomic E-state index is 0.521. The molecule has 0 amide bonds. The van der Waals surface area contributed by atoms with Gasteiger partial charge in [0.05, 0.1) is 48.8 Å². The van der Waals surface area contributed by atoms with Crippen molar-refractivity contribution >= 4 is 34.2 Å². The second-order valence-electron chi connectivity index (χ2n) is 18.7.